The van der Waals surface area contributed by atoms with Crippen molar-refractivity contribution in [3.05, 3.63) is 42.0 Å². The van der Waals surface area contributed by atoms with Crippen LogP contribution in [0.2, 0.25) is 0 Å². The number of halogens is 1. The van der Waals surface area contributed by atoms with Gasteiger partial charge in [-0.3, -0.25) is 9.48 Å². The summed E-state index contributed by atoms with van der Waals surface area (Å²) in [6.07, 6.45) is 1.54. The van der Waals surface area contributed by atoms with Gasteiger partial charge < -0.3 is 5.11 Å². The van der Waals surface area contributed by atoms with Crippen LogP contribution in [0.25, 0.3) is 11.1 Å². The first-order chi connectivity index (χ1) is 8.08. The first kappa shape index (κ1) is 11.3. The summed E-state index contributed by atoms with van der Waals surface area (Å²) in [4.78, 5) is 10.6. The van der Waals surface area contributed by atoms with Crippen molar-refractivity contribution in [2.45, 2.75) is 13.5 Å². The largest absolute Gasteiger partial charge is 0.480 e. The number of aromatic nitrogens is 2. The monoisotopic (exact) mass is 234 g/mol. The van der Waals surface area contributed by atoms with E-state index >= 15 is 0 Å². The minimum Gasteiger partial charge on any atom is -0.480 e. The number of aryl methyl sites for hydroxylation is 1. The molecule has 0 saturated carbocycles. The maximum Gasteiger partial charge on any atom is 0.325 e. The van der Waals surface area contributed by atoms with Crippen molar-refractivity contribution in [2.24, 2.45) is 0 Å². The Hall–Kier alpha value is -2.17. The fraction of sp³-hybridized carbons (Fsp3) is 0.167. The van der Waals surface area contributed by atoms with Crippen LogP contribution in [0.1, 0.15) is 5.69 Å². The van der Waals surface area contributed by atoms with Gasteiger partial charge in [-0.05, 0) is 13.0 Å². The molecule has 2 aromatic rings. The van der Waals surface area contributed by atoms with Gasteiger partial charge in [-0.25, -0.2) is 4.39 Å². The summed E-state index contributed by atoms with van der Waals surface area (Å²) in [5.74, 6) is -1.32. The number of carboxylic acid groups (broad SMARTS) is 1. The van der Waals surface area contributed by atoms with E-state index in [1.54, 1.807) is 31.3 Å². The summed E-state index contributed by atoms with van der Waals surface area (Å²) in [6.45, 7) is 1.50. The Balaban J connectivity index is 2.43. The first-order valence-electron chi connectivity index (χ1n) is 5.08. The summed E-state index contributed by atoms with van der Waals surface area (Å²) in [5.41, 5.74) is 1.65. The molecule has 0 aliphatic carbocycles. The molecule has 0 fully saturated rings. The van der Waals surface area contributed by atoms with Gasteiger partial charge in [0, 0.05) is 17.3 Å². The van der Waals surface area contributed by atoms with Crippen LogP contribution in [-0.4, -0.2) is 20.9 Å². The van der Waals surface area contributed by atoms with E-state index in [4.69, 9.17) is 5.11 Å². The molecule has 0 spiro atoms. The van der Waals surface area contributed by atoms with E-state index < -0.39 is 5.97 Å². The first-order valence-corrected chi connectivity index (χ1v) is 5.08. The lowest BCUT2D eigenvalue weighted by molar-refractivity contribution is -0.137. The Morgan fingerprint density at radius 1 is 1.41 bits per heavy atom. The van der Waals surface area contributed by atoms with Crippen molar-refractivity contribution < 1.29 is 14.3 Å². The summed E-state index contributed by atoms with van der Waals surface area (Å²) in [5, 5.41) is 12.7. The maximum absolute atomic E-state index is 13.6. The molecule has 4 nitrogen and oxygen atoms in total. The Kier molecular flexibility index (Phi) is 2.91. The third kappa shape index (κ3) is 2.33. The second kappa shape index (κ2) is 4.37. The van der Waals surface area contributed by atoms with E-state index in [-0.39, 0.29) is 12.4 Å². The van der Waals surface area contributed by atoms with Crippen LogP contribution in [0, 0.1) is 12.7 Å². The van der Waals surface area contributed by atoms with Crippen LogP contribution >= 0.6 is 0 Å². The molecule has 5 heteroatoms. The van der Waals surface area contributed by atoms with Gasteiger partial charge in [-0.1, -0.05) is 18.2 Å². The van der Waals surface area contributed by atoms with E-state index in [0.717, 1.165) is 0 Å². The lowest BCUT2D eigenvalue weighted by Crippen LogP contribution is -2.08. The number of nitrogens with zero attached hydrogens (tertiary/aromatic N) is 2. The summed E-state index contributed by atoms with van der Waals surface area (Å²) < 4.78 is 14.9. The van der Waals surface area contributed by atoms with Crippen molar-refractivity contribution in [3.63, 3.8) is 0 Å². The fourth-order valence-corrected chi connectivity index (χ4v) is 1.68. The minimum atomic E-state index is -0.979. The standard InChI is InChI=1S/C12H11FN2O2/c1-8-10(6-15(14-8)7-12(16)17)9-4-2-3-5-11(9)13/h2-6H,7H2,1H3,(H,16,17). The smallest absolute Gasteiger partial charge is 0.325 e. The molecular weight excluding hydrogens is 223 g/mol. The quantitative estimate of drug-likeness (QED) is 0.884. The highest BCUT2D eigenvalue weighted by Gasteiger charge is 2.12. The van der Waals surface area contributed by atoms with Gasteiger partial charge in [0.05, 0.1) is 5.69 Å². The molecular formula is C12H11FN2O2. The highest BCUT2D eigenvalue weighted by atomic mass is 19.1. The SMILES string of the molecule is Cc1nn(CC(=O)O)cc1-c1ccccc1F. The van der Waals surface area contributed by atoms with Gasteiger partial charge >= 0.3 is 5.97 Å². The number of benzene rings is 1. The summed E-state index contributed by atoms with van der Waals surface area (Å²) in [7, 11) is 0. The molecule has 17 heavy (non-hydrogen) atoms. The van der Waals surface area contributed by atoms with Crippen LogP contribution in [0.15, 0.2) is 30.5 Å². The number of carboxylic acids is 1. The number of hydrogen-bond donors (Lipinski definition) is 1. The highest BCUT2D eigenvalue weighted by Crippen LogP contribution is 2.24. The van der Waals surface area contributed by atoms with E-state index in [9.17, 15) is 9.18 Å². The van der Waals surface area contributed by atoms with Crippen molar-refractivity contribution in [1.82, 2.24) is 9.78 Å². The zero-order chi connectivity index (χ0) is 12.4. The van der Waals surface area contributed by atoms with Crippen LogP contribution < -0.4 is 0 Å². The number of rotatable bonds is 3. The molecule has 2 rings (SSSR count). The van der Waals surface area contributed by atoms with Crippen LogP contribution in [-0.2, 0) is 11.3 Å². The molecule has 88 valence electrons. The minimum absolute atomic E-state index is 0.227. The lowest BCUT2D eigenvalue weighted by atomic mass is 10.1. The Labute approximate surface area is 97.3 Å². The number of carbonyl (C=O) groups is 1. The van der Waals surface area contributed by atoms with Gasteiger partial charge in [0.1, 0.15) is 12.4 Å². The molecule has 0 aliphatic rings. The molecule has 1 aromatic carbocycles. The molecule has 0 aliphatic heterocycles. The van der Waals surface area contributed by atoms with Crippen LogP contribution in [0.4, 0.5) is 4.39 Å². The Bertz CT molecular complexity index is 563. The van der Waals surface area contributed by atoms with Gasteiger partial charge in [-0.2, -0.15) is 5.10 Å². The number of aliphatic carboxylic acids is 1. The molecule has 0 atom stereocenters. The molecule has 0 bridgehead atoms. The van der Waals surface area contributed by atoms with Gasteiger partial charge in [-0.15, -0.1) is 0 Å². The predicted molar refractivity (Wildman–Crippen MR) is 60.0 cm³/mol. The van der Waals surface area contributed by atoms with Crippen LogP contribution in [0.5, 0.6) is 0 Å². The van der Waals surface area contributed by atoms with Crippen molar-refractivity contribution in [2.75, 3.05) is 0 Å². The van der Waals surface area contributed by atoms with Crippen molar-refractivity contribution in [3.8, 4) is 11.1 Å². The van der Waals surface area contributed by atoms with Crippen molar-refractivity contribution >= 4 is 5.97 Å². The molecule has 0 unspecified atom stereocenters. The van der Waals surface area contributed by atoms with Gasteiger partial charge in [0.15, 0.2) is 0 Å². The third-order valence-electron chi connectivity index (χ3n) is 2.41. The van der Waals surface area contributed by atoms with E-state index in [2.05, 4.69) is 5.10 Å². The molecule has 0 amide bonds. The van der Waals surface area contributed by atoms with Crippen molar-refractivity contribution in [1.29, 1.82) is 0 Å². The average Bonchev–Trinajstić information content (AvgIpc) is 2.59. The second-order valence-electron chi connectivity index (χ2n) is 3.70. The van der Waals surface area contributed by atoms with Gasteiger partial charge in [0.25, 0.3) is 0 Å². The molecule has 1 heterocycles. The van der Waals surface area contributed by atoms with E-state index in [1.807, 2.05) is 0 Å². The molecule has 1 N–H and O–H groups in total. The molecule has 0 saturated heterocycles. The topological polar surface area (TPSA) is 55.1 Å². The highest BCUT2D eigenvalue weighted by molar-refractivity contribution is 5.68. The molecule has 0 radical (unpaired) electrons. The predicted octanol–water partition coefficient (Wildman–Crippen LogP) is 2.08. The second-order valence-corrected chi connectivity index (χ2v) is 3.70. The average molecular weight is 234 g/mol. The Morgan fingerprint density at radius 2 is 2.12 bits per heavy atom. The zero-order valence-corrected chi connectivity index (χ0v) is 9.22. The maximum atomic E-state index is 13.6. The van der Waals surface area contributed by atoms with Crippen LogP contribution in [0.3, 0.4) is 0 Å². The lowest BCUT2D eigenvalue weighted by Gasteiger charge is -1.99. The van der Waals surface area contributed by atoms with Gasteiger partial charge in [0.2, 0.25) is 0 Å². The van der Waals surface area contributed by atoms with E-state index in [0.29, 0.717) is 16.8 Å². The van der Waals surface area contributed by atoms with E-state index in [1.165, 1.54) is 10.7 Å². The normalized spacial score (nSPS) is 10.5. The Morgan fingerprint density at radius 3 is 2.76 bits per heavy atom. The number of hydrogen-bond acceptors (Lipinski definition) is 2. The summed E-state index contributed by atoms with van der Waals surface area (Å²) in [6, 6.07) is 6.34. The zero-order valence-electron chi connectivity index (χ0n) is 9.22. The molecule has 1 aromatic heterocycles. The summed E-state index contributed by atoms with van der Waals surface area (Å²) >= 11 is 0. The third-order valence-corrected chi connectivity index (χ3v) is 2.41. The fourth-order valence-electron chi connectivity index (χ4n) is 1.68.